The number of carbonyl (C=O) groups is 1. The molecule has 2 N–H and O–H groups in total. The summed E-state index contributed by atoms with van der Waals surface area (Å²) in [7, 11) is -4.66. The molecule has 0 aromatic carbocycles. The van der Waals surface area contributed by atoms with E-state index in [4.69, 9.17) is 19.3 Å². The Balaban J connectivity index is 3.83. The van der Waals surface area contributed by atoms with Crippen molar-refractivity contribution in [2.45, 2.75) is 213 Å². The van der Waals surface area contributed by atoms with Gasteiger partial charge in [0.05, 0.1) is 12.9 Å². The molecule has 0 saturated heterocycles. The first-order chi connectivity index (χ1) is 22.4. The molecule has 0 aliphatic carbocycles. The lowest BCUT2D eigenvalue weighted by molar-refractivity contribution is -0.153. The molecule has 0 unspecified atom stereocenters. The SMILES string of the molecule is CCCCCCCCCCCCCCCC/C=C\OC[C@H](COP(=O)(O)O)OC(=O)CCCCCCCCCCCCCCCC. The molecule has 7 nitrogen and oxygen atoms in total. The minimum atomic E-state index is -4.66. The second-order valence-corrected chi connectivity index (χ2v) is 14.6. The monoisotopic (exact) mass is 675 g/mol. The highest BCUT2D eigenvalue weighted by molar-refractivity contribution is 7.46. The van der Waals surface area contributed by atoms with Gasteiger partial charge in [-0.1, -0.05) is 181 Å². The Kier molecular flexibility index (Phi) is 34.7. The van der Waals surface area contributed by atoms with Crippen LogP contribution < -0.4 is 0 Å². The summed E-state index contributed by atoms with van der Waals surface area (Å²) >= 11 is 0. The van der Waals surface area contributed by atoms with E-state index < -0.39 is 20.5 Å². The Hall–Kier alpha value is -0.880. The van der Waals surface area contributed by atoms with Gasteiger partial charge >= 0.3 is 13.8 Å². The standard InChI is InChI=1S/C38H75O7P/c1-3-5-7-9-11-13-15-17-19-20-22-24-26-28-30-32-34-43-35-37(36-44-46(40,41)42)45-38(39)33-31-29-27-25-23-21-18-16-14-12-10-8-6-4-2/h32,34,37H,3-31,33,35-36H2,1-2H3,(H2,40,41,42)/b34-32-/t37-/m1/s1. The number of allylic oxidation sites excluding steroid dienone is 1. The Bertz CT molecular complexity index is 709. The molecule has 0 spiro atoms. The number of hydrogen-bond donors (Lipinski definition) is 2. The summed E-state index contributed by atoms with van der Waals surface area (Å²) in [5, 5.41) is 0. The van der Waals surface area contributed by atoms with Crippen molar-refractivity contribution in [3.8, 4) is 0 Å². The first-order valence-corrected chi connectivity index (χ1v) is 21.1. The number of phosphoric acid groups is 1. The van der Waals surface area contributed by atoms with Crippen LogP contribution in [0.15, 0.2) is 12.3 Å². The lowest BCUT2D eigenvalue weighted by Gasteiger charge is -2.18. The summed E-state index contributed by atoms with van der Waals surface area (Å²) < 4.78 is 26.7. The minimum Gasteiger partial charge on any atom is -0.498 e. The van der Waals surface area contributed by atoms with Crippen molar-refractivity contribution in [2.24, 2.45) is 0 Å². The lowest BCUT2D eigenvalue weighted by Crippen LogP contribution is -2.27. The summed E-state index contributed by atoms with van der Waals surface area (Å²) in [4.78, 5) is 30.5. The van der Waals surface area contributed by atoms with Gasteiger partial charge in [0.1, 0.15) is 6.61 Å². The zero-order valence-electron chi connectivity index (χ0n) is 30.2. The second kappa shape index (κ2) is 35.4. The van der Waals surface area contributed by atoms with E-state index in [1.807, 2.05) is 6.08 Å². The maximum Gasteiger partial charge on any atom is 0.469 e. The van der Waals surface area contributed by atoms with Gasteiger partial charge in [0.15, 0.2) is 6.10 Å². The van der Waals surface area contributed by atoms with E-state index in [2.05, 4.69) is 18.4 Å². The summed E-state index contributed by atoms with van der Waals surface area (Å²) in [5.41, 5.74) is 0. The van der Waals surface area contributed by atoms with E-state index in [1.54, 1.807) is 6.26 Å². The Morgan fingerprint density at radius 3 is 1.33 bits per heavy atom. The lowest BCUT2D eigenvalue weighted by atomic mass is 10.0. The molecule has 0 aromatic rings. The number of esters is 1. The third kappa shape index (κ3) is 37.6. The number of hydrogen-bond acceptors (Lipinski definition) is 5. The van der Waals surface area contributed by atoms with Gasteiger partial charge in [0.2, 0.25) is 0 Å². The van der Waals surface area contributed by atoms with Gasteiger partial charge in [0, 0.05) is 6.42 Å². The van der Waals surface area contributed by atoms with Gasteiger partial charge in [-0.15, -0.1) is 0 Å². The third-order valence-electron chi connectivity index (χ3n) is 8.66. The predicted octanol–water partition coefficient (Wildman–Crippen LogP) is 12.3. The fourth-order valence-corrected chi connectivity index (χ4v) is 6.12. The topological polar surface area (TPSA) is 102 Å². The normalized spacial score (nSPS) is 12.6. The highest BCUT2D eigenvalue weighted by Crippen LogP contribution is 2.36. The van der Waals surface area contributed by atoms with E-state index in [9.17, 15) is 9.36 Å². The molecule has 0 bridgehead atoms. The van der Waals surface area contributed by atoms with E-state index in [-0.39, 0.29) is 12.6 Å². The van der Waals surface area contributed by atoms with Crippen LogP contribution in [-0.2, 0) is 23.4 Å². The Morgan fingerprint density at radius 2 is 0.935 bits per heavy atom. The Morgan fingerprint density at radius 1 is 0.565 bits per heavy atom. The van der Waals surface area contributed by atoms with Crippen LogP contribution in [0.2, 0.25) is 0 Å². The van der Waals surface area contributed by atoms with Crippen LogP contribution in [0.4, 0.5) is 0 Å². The number of unbranched alkanes of at least 4 members (excludes halogenated alkanes) is 27. The third-order valence-corrected chi connectivity index (χ3v) is 9.15. The smallest absolute Gasteiger partial charge is 0.469 e. The van der Waals surface area contributed by atoms with Crippen LogP contribution in [0.25, 0.3) is 0 Å². The maximum absolute atomic E-state index is 12.3. The molecule has 0 aliphatic rings. The summed E-state index contributed by atoms with van der Waals surface area (Å²) in [6, 6.07) is 0. The van der Waals surface area contributed by atoms with E-state index in [1.165, 1.54) is 154 Å². The number of ether oxygens (including phenoxy) is 2. The first-order valence-electron chi connectivity index (χ1n) is 19.5. The molecule has 0 saturated carbocycles. The highest BCUT2D eigenvalue weighted by atomic mass is 31.2. The van der Waals surface area contributed by atoms with Gasteiger partial charge in [-0.05, 0) is 25.3 Å². The molecular formula is C38H75O7P. The van der Waals surface area contributed by atoms with Crippen LogP contribution in [0.3, 0.4) is 0 Å². The highest BCUT2D eigenvalue weighted by Gasteiger charge is 2.21. The van der Waals surface area contributed by atoms with Crippen molar-refractivity contribution in [1.82, 2.24) is 0 Å². The molecule has 46 heavy (non-hydrogen) atoms. The van der Waals surface area contributed by atoms with E-state index in [0.29, 0.717) is 6.42 Å². The van der Waals surface area contributed by atoms with Crippen LogP contribution in [0.1, 0.15) is 206 Å². The molecule has 0 aromatic heterocycles. The second-order valence-electron chi connectivity index (χ2n) is 13.3. The van der Waals surface area contributed by atoms with Gasteiger partial charge in [-0.25, -0.2) is 4.57 Å². The van der Waals surface area contributed by atoms with Gasteiger partial charge in [-0.2, -0.15) is 0 Å². The van der Waals surface area contributed by atoms with Crippen molar-refractivity contribution in [3.63, 3.8) is 0 Å². The average molecular weight is 675 g/mol. The molecule has 0 aliphatic heterocycles. The van der Waals surface area contributed by atoms with Crippen LogP contribution >= 0.6 is 7.82 Å². The quantitative estimate of drug-likeness (QED) is 0.0292. The fourth-order valence-electron chi connectivity index (χ4n) is 5.76. The average Bonchev–Trinajstić information content (AvgIpc) is 3.02. The van der Waals surface area contributed by atoms with Crippen LogP contribution in [-0.4, -0.2) is 35.1 Å². The number of carbonyl (C=O) groups excluding carboxylic acids is 1. The van der Waals surface area contributed by atoms with Gasteiger partial charge < -0.3 is 19.3 Å². The van der Waals surface area contributed by atoms with Crippen molar-refractivity contribution in [3.05, 3.63) is 12.3 Å². The molecule has 0 amide bonds. The molecular weight excluding hydrogens is 599 g/mol. The zero-order valence-corrected chi connectivity index (χ0v) is 31.1. The molecule has 1 atom stereocenters. The molecule has 0 heterocycles. The molecule has 0 rings (SSSR count). The van der Waals surface area contributed by atoms with Gasteiger partial charge in [0.25, 0.3) is 0 Å². The predicted molar refractivity (Wildman–Crippen MR) is 193 cm³/mol. The number of rotatable bonds is 37. The summed E-state index contributed by atoms with van der Waals surface area (Å²) in [6.07, 6.45) is 40.1. The van der Waals surface area contributed by atoms with Gasteiger partial charge in [-0.3, -0.25) is 9.32 Å². The summed E-state index contributed by atoms with van der Waals surface area (Å²) in [6.45, 7) is 4.12. The van der Waals surface area contributed by atoms with Crippen LogP contribution in [0.5, 0.6) is 0 Å². The molecule has 274 valence electrons. The molecule has 0 fully saturated rings. The maximum atomic E-state index is 12.3. The molecule has 0 radical (unpaired) electrons. The zero-order chi connectivity index (χ0) is 33.8. The largest absolute Gasteiger partial charge is 0.498 e. The summed E-state index contributed by atoms with van der Waals surface area (Å²) in [5.74, 6) is -0.381. The van der Waals surface area contributed by atoms with E-state index in [0.717, 1.165) is 32.1 Å². The van der Waals surface area contributed by atoms with Crippen LogP contribution in [0, 0.1) is 0 Å². The number of phosphoric ester groups is 1. The fraction of sp³-hybridized carbons (Fsp3) is 0.921. The van der Waals surface area contributed by atoms with Crippen molar-refractivity contribution in [1.29, 1.82) is 0 Å². The minimum absolute atomic E-state index is 0.000278. The molecule has 8 heteroatoms. The van der Waals surface area contributed by atoms with Crippen molar-refractivity contribution in [2.75, 3.05) is 13.2 Å². The first kappa shape index (κ1) is 45.1. The Labute approximate surface area is 284 Å². The van der Waals surface area contributed by atoms with Crippen molar-refractivity contribution >= 4 is 13.8 Å². The van der Waals surface area contributed by atoms with Crippen molar-refractivity contribution < 1.29 is 33.1 Å². The van der Waals surface area contributed by atoms with E-state index >= 15 is 0 Å².